The number of anilines is 1. The molecule has 0 bridgehead atoms. The van der Waals surface area contributed by atoms with Gasteiger partial charge in [-0.25, -0.2) is 4.79 Å². The highest BCUT2D eigenvalue weighted by molar-refractivity contribution is 5.85. The first-order valence-electron chi connectivity index (χ1n) is 9.86. The molecule has 6 nitrogen and oxygen atoms in total. The van der Waals surface area contributed by atoms with Crippen LogP contribution in [0.5, 0.6) is 0 Å². The third-order valence-electron chi connectivity index (χ3n) is 4.63. The van der Waals surface area contributed by atoms with Crippen LogP contribution in [0.3, 0.4) is 0 Å². The van der Waals surface area contributed by atoms with Crippen LogP contribution in [0.2, 0.25) is 0 Å². The molecule has 2 rings (SSSR count). The topological polar surface area (TPSA) is 70.7 Å². The fourth-order valence-electron chi connectivity index (χ4n) is 3.25. The van der Waals surface area contributed by atoms with E-state index in [9.17, 15) is 9.59 Å². The molecule has 0 radical (unpaired) electrons. The Balaban J connectivity index is 1.77. The van der Waals surface area contributed by atoms with Gasteiger partial charge in [0, 0.05) is 18.3 Å². The van der Waals surface area contributed by atoms with Crippen molar-refractivity contribution in [3.05, 3.63) is 29.8 Å². The number of hydrogen-bond acceptors (Lipinski definition) is 4. The molecule has 27 heavy (non-hydrogen) atoms. The number of rotatable bonds is 7. The van der Waals surface area contributed by atoms with Crippen LogP contribution in [0.4, 0.5) is 10.5 Å². The average molecular weight is 376 g/mol. The number of carbonyl (C=O) groups is 2. The molecule has 2 N–H and O–H groups in total. The highest BCUT2D eigenvalue weighted by Gasteiger charge is 2.20. The van der Waals surface area contributed by atoms with Gasteiger partial charge in [0.25, 0.3) is 0 Å². The summed E-state index contributed by atoms with van der Waals surface area (Å²) >= 11 is 0. The number of carbonyl (C=O) groups excluding carboxylic acids is 2. The molecule has 1 aliphatic rings. The van der Waals surface area contributed by atoms with Gasteiger partial charge in [0.15, 0.2) is 0 Å². The van der Waals surface area contributed by atoms with Crippen LogP contribution in [-0.4, -0.2) is 48.2 Å². The Morgan fingerprint density at radius 2 is 1.78 bits per heavy atom. The van der Waals surface area contributed by atoms with E-state index < -0.39 is 11.7 Å². The average Bonchev–Trinajstić information content (AvgIpc) is 3.10. The van der Waals surface area contributed by atoms with Gasteiger partial charge in [-0.2, -0.15) is 0 Å². The van der Waals surface area contributed by atoms with Crippen molar-refractivity contribution in [2.45, 2.75) is 65.0 Å². The summed E-state index contributed by atoms with van der Waals surface area (Å²) in [6, 6.07) is 7.70. The maximum absolute atomic E-state index is 12.2. The fraction of sp³-hybridized carbons (Fsp3) is 0.619. The Kier molecular flexibility index (Phi) is 7.66. The van der Waals surface area contributed by atoms with Crippen LogP contribution in [0.25, 0.3) is 0 Å². The molecule has 2 amide bonds. The molecule has 0 saturated carbocycles. The van der Waals surface area contributed by atoms with Crippen molar-refractivity contribution in [3.63, 3.8) is 0 Å². The Labute approximate surface area is 162 Å². The van der Waals surface area contributed by atoms with Gasteiger partial charge in [0.2, 0.25) is 5.91 Å². The highest BCUT2D eigenvalue weighted by Crippen LogP contribution is 2.15. The minimum absolute atomic E-state index is 0.0282. The second-order valence-electron chi connectivity index (χ2n) is 8.11. The van der Waals surface area contributed by atoms with Gasteiger partial charge >= 0.3 is 6.09 Å². The van der Waals surface area contributed by atoms with E-state index in [1.165, 1.54) is 12.8 Å². The van der Waals surface area contributed by atoms with Crippen molar-refractivity contribution in [1.82, 2.24) is 10.2 Å². The largest absolute Gasteiger partial charge is 0.444 e. The van der Waals surface area contributed by atoms with Gasteiger partial charge in [-0.1, -0.05) is 19.1 Å². The summed E-state index contributed by atoms with van der Waals surface area (Å²) in [5.74, 6) is 0.0282. The zero-order valence-electron chi connectivity index (χ0n) is 17.0. The molecule has 0 spiro atoms. The zero-order chi connectivity index (χ0) is 19.9. The van der Waals surface area contributed by atoms with E-state index in [0.717, 1.165) is 25.1 Å². The van der Waals surface area contributed by atoms with E-state index in [1.54, 1.807) is 12.1 Å². The molecule has 1 saturated heterocycles. The van der Waals surface area contributed by atoms with Crippen LogP contribution in [0.15, 0.2) is 24.3 Å². The first-order chi connectivity index (χ1) is 12.8. The summed E-state index contributed by atoms with van der Waals surface area (Å²) < 4.78 is 5.23. The lowest BCUT2D eigenvalue weighted by Gasteiger charge is -2.26. The molecule has 0 aliphatic carbocycles. The van der Waals surface area contributed by atoms with E-state index in [4.69, 9.17) is 4.74 Å². The predicted octanol–water partition coefficient (Wildman–Crippen LogP) is 3.57. The lowest BCUT2D eigenvalue weighted by atomic mass is 10.1. The van der Waals surface area contributed by atoms with Crippen LogP contribution < -0.4 is 10.6 Å². The summed E-state index contributed by atoms with van der Waals surface area (Å²) in [6.07, 6.45) is 3.41. The van der Waals surface area contributed by atoms with Crippen LogP contribution in [-0.2, 0) is 16.0 Å². The van der Waals surface area contributed by atoms with E-state index >= 15 is 0 Å². The summed E-state index contributed by atoms with van der Waals surface area (Å²) in [6.45, 7) is 10.6. The number of nitrogens with zero attached hydrogens (tertiary/aromatic N) is 1. The smallest absolute Gasteiger partial charge is 0.412 e. The molecule has 6 heteroatoms. The number of hydrogen-bond donors (Lipinski definition) is 2. The lowest BCUT2D eigenvalue weighted by Crippen LogP contribution is -2.42. The first kappa shape index (κ1) is 21.2. The fourth-order valence-corrected chi connectivity index (χ4v) is 3.25. The molecule has 0 aromatic heterocycles. The normalized spacial score (nSPS) is 16.0. The number of ether oxygens (including phenoxy) is 1. The number of likely N-dealkylation sites (tertiary alicyclic amines) is 1. The molecule has 1 aromatic rings. The zero-order valence-corrected chi connectivity index (χ0v) is 17.0. The van der Waals surface area contributed by atoms with Gasteiger partial charge in [0.05, 0.1) is 6.42 Å². The molecule has 150 valence electrons. The minimum Gasteiger partial charge on any atom is -0.444 e. The Hall–Kier alpha value is -2.08. The van der Waals surface area contributed by atoms with Crippen molar-refractivity contribution >= 4 is 17.7 Å². The van der Waals surface area contributed by atoms with E-state index in [-0.39, 0.29) is 5.91 Å². The van der Waals surface area contributed by atoms with Crippen LogP contribution in [0, 0.1) is 0 Å². The molecular weight excluding hydrogens is 342 g/mol. The quantitative estimate of drug-likeness (QED) is 0.764. The molecule has 1 aliphatic heterocycles. The van der Waals surface area contributed by atoms with Gasteiger partial charge in [-0.15, -0.1) is 0 Å². The van der Waals surface area contributed by atoms with Crippen LogP contribution in [0.1, 0.15) is 52.5 Å². The third-order valence-corrected chi connectivity index (χ3v) is 4.63. The Morgan fingerprint density at radius 3 is 2.33 bits per heavy atom. The minimum atomic E-state index is -0.534. The third kappa shape index (κ3) is 7.59. The van der Waals surface area contributed by atoms with Crippen LogP contribution >= 0.6 is 0 Å². The molecule has 1 aromatic carbocycles. The van der Waals surface area contributed by atoms with Gasteiger partial charge in [0.1, 0.15) is 5.60 Å². The monoisotopic (exact) mass is 375 g/mol. The van der Waals surface area contributed by atoms with Gasteiger partial charge in [-0.3, -0.25) is 15.0 Å². The maximum Gasteiger partial charge on any atom is 0.412 e. The van der Waals surface area contributed by atoms with Gasteiger partial charge < -0.3 is 10.1 Å². The van der Waals surface area contributed by atoms with Crippen molar-refractivity contribution < 1.29 is 14.3 Å². The molecule has 1 heterocycles. The van der Waals surface area contributed by atoms with Gasteiger partial charge in [-0.05, 0) is 70.8 Å². The van der Waals surface area contributed by atoms with Crippen molar-refractivity contribution in [2.24, 2.45) is 0 Å². The Bertz CT molecular complexity index is 617. The predicted molar refractivity (Wildman–Crippen MR) is 108 cm³/mol. The van der Waals surface area contributed by atoms with E-state index in [1.807, 2.05) is 32.9 Å². The summed E-state index contributed by atoms with van der Waals surface area (Å²) in [5, 5.41) is 5.75. The van der Waals surface area contributed by atoms with Crippen molar-refractivity contribution in [2.75, 3.05) is 25.0 Å². The SMILES string of the molecule is CCC(CNC(=O)Cc1ccc(NC(=O)OC(C)(C)C)cc1)N1CCCC1. The molecule has 1 atom stereocenters. The number of amides is 2. The first-order valence-corrected chi connectivity index (χ1v) is 9.86. The van der Waals surface area contributed by atoms with E-state index in [2.05, 4.69) is 22.5 Å². The molecular formula is C21H33N3O3. The number of benzene rings is 1. The summed E-state index contributed by atoms with van der Waals surface area (Å²) in [5.41, 5.74) is 1.03. The summed E-state index contributed by atoms with van der Waals surface area (Å²) in [4.78, 5) is 26.5. The van der Waals surface area contributed by atoms with E-state index in [0.29, 0.717) is 24.7 Å². The lowest BCUT2D eigenvalue weighted by molar-refractivity contribution is -0.120. The maximum atomic E-state index is 12.2. The molecule has 1 unspecified atom stereocenters. The van der Waals surface area contributed by atoms with Crippen molar-refractivity contribution in [1.29, 1.82) is 0 Å². The van der Waals surface area contributed by atoms with Crippen molar-refractivity contribution in [3.8, 4) is 0 Å². The Morgan fingerprint density at radius 1 is 1.15 bits per heavy atom. The standard InChI is InChI=1S/C21H33N3O3/c1-5-18(24-12-6-7-13-24)15-22-19(25)14-16-8-10-17(11-9-16)23-20(26)27-21(2,3)4/h8-11,18H,5-7,12-15H2,1-4H3,(H,22,25)(H,23,26). The molecule has 1 fully saturated rings. The highest BCUT2D eigenvalue weighted by atomic mass is 16.6. The number of nitrogens with one attached hydrogen (secondary N) is 2. The second-order valence-corrected chi connectivity index (χ2v) is 8.11. The summed E-state index contributed by atoms with van der Waals surface area (Å²) in [7, 11) is 0. The second kappa shape index (κ2) is 9.74.